The monoisotopic (exact) mass is 667 g/mol. The highest BCUT2D eigenvalue weighted by molar-refractivity contribution is 5.71. The van der Waals surface area contributed by atoms with Crippen molar-refractivity contribution in [1.82, 2.24) is 0 Å². The van der Waals surface area contributed by atoms with E-state index in [0.29, 0.717) is 19.3 Å². The lowest BCUT2D eigenvalue weighted by atomic mass is 9.99. The van der Waals surface area contributed by atoms with Crippen LogP contribution in [0, 0.1) is 11.8 Å². The first-order valence-electron chi connectivity index (χ1n) is 20.3. The standard InChI is InChI=1S/C41H78O6/c1-6-9-10-19-26-31-39(42)45-34-38(35-46-40(43)32-27-22-18-17-21-25-30-37(5)8-3)47-41(44)33-28-23-16-14-12-11-13-15-20-24-29-36(4)7-2/h36-38H,6-35H2,1-5H3/t36?,37?,38-/m1/s1. The quantitative estimate of drug-likeness (QED) is 0.0380. The number of unbranched alkanes of at least 4 members (excludes halogenated alkanes) is 18. The molecule has 0 fully saturated rings. The molecule has 0 amide bonds. The van der Waals surface area contributed by atoms with Crippen molar-refractivity contribution in [3.05, 3.63) is 0 Å². The molecule has 0 aromatic rings. The molecule has 0 heterocycles. The van der Waals surface area contributed by atoms with E-state index >= 15 is 0 Å². The van der Waals surface area contributed by atoms with Crippen molar-refractivity contribution in [2.75, 3.05) is 13.2 Å². The lowest BCUT2D eigenvalue weighted by Crippen LogP contribution is -2.30. The average Bonchev–Trinajstić information content (AvgIpc) is 3.07. The number of hydrogen-bond acceptors (Lipinski definition) is 6. The minimum atomic E-state index is -0.758. The van der Waals surface area contributed by atoms with Crippen molar-refractivity contribution in [1.29, 1.82) is 0 Å². The van der Waals surface area contributed by atoms with Crippen LogP contribution < -0.4 is 0 Å². The summed E-state index contributed by atoms with van der Waals surface area (Å²) < 4.78 is 16.5. The van der Waals surface area contributed by atoms with Gasteiger partial charge in [0, 0.05) is 19.3 Å². The fourth-order valence-corrected chi connectivity index (χ4v) is 5.80. The highest BCUT2D eigenvalue weighted by atomic mass is 16.6. The van der Waals surface area contributed by atoms with E-state index in [9.17, 15) is 14.4 Å². The summed E-state index contributed by atoms with van der Waals surface area (Å²) in [7, 11) is 0. The van der Waals surface area contributed by atoms with Crippen molar-refractivity contribution < 1.29 is 28.6 Å². The maximum atomic E-state index is 12.6. The Bertz CT molecular complexity index is 723. The molecule has 2 unspecified atom stereocenters. The molecule has 0 N–H and O–H groups in total. The van der Waals surface area contributed by atoms with Crippen LogP contribution in [0.1, 0.15) is 214 Å². The molecule has 0 radical (unpaired) electrons. The van der Waals surface area contributed by atoms with Crippen LogP contribution in [0.4, 0.5) is 0 Å². The van der Waals surface area contributed by atoms with E-state index in [1.54, 1.807) is 0 Å². The van der Waals surface area contributed by atoms with E-state index in [-0.39, 0.29) is 31.1 Å². The van der Waals surface area contributed by atoms with Gasteiger partial charge in [-0.1, -0.05) is 176 Å². The summed E-state index contributed by atoms with van der Waals surface area (Å²) in [6, 6.07) is 0. The first-order valence-corrected chi connectivity index (χ1v) is 20.3. The molecule has 0 spiro atoms. The predicted molar refractivity (Wildman–Crippen MR) is 196 cm³/mol. The Labute approximate surface area is 291 Å². The van der Waals surface area contributed by atoms with Gasteiger partial charge in [0.25, 0.3) is 0 Å². The smallest absolute Gasteiger partial charge is 0.306 e. The molecular formula is C41H78O6. The largest absolute Gasteiger partial charge is 0.462 e. The molecule has 0 saturated heterocycles. The molecule has 0 aliphatic rings. The molecule has 0 aliphatic carbocycles. The van der Waals surface area contributed by atoms with Gasteiger partial charge in [0.1, 0.15) is 13.2 Å². The molecule has 0 bridgehead atoms. The van der Waals surface area contributed by atoms with Gasteiger partial charge in [-0.3, -0.25) is 14.4 Å². The Morgan fingerprint density at radius 2 is 0.745 bits per heavy atom. The van der Waals surface area contributed by atoms with Gasteiger partial charge in [-0.2, -0.15) is 0 Å². The van der Waals surface area contributed by atoms with Gasteiger partial charge < -0.3 is 14.2 Å². The van der Waals surface area contributed by atoms with Crippen LogP contribution in [0.15, 0.2) is 0 Å². The van der Waals surface area contributed by atoms with Gasteiger partial charge in [0.2, 0.25) is 0 Å². The molecule has 3 atom stereocenters. The van der Waals surface area contributed by atoms with Crippen LogP contribution in [-0.4, -0.2) is 37.2 Å². The molecule has 47 heavy (non-hydrogen) atoms. The minimum Gasteiger partial charge on any atom is -0.462 e. The zero-order valence-electron chi connectivity index (χ0n) is 31.9. The average molecular weight is 667 g/mol. The summed E-state index contributed by atoms with van der Waals surface area (Å²) in [6.45, 7) is 11.2. The van der Waals surface area contributed by atoms with Crippen LogP contribution in [-0.2, 0) is 28.6 Å². The second-order valence-electron chi connectivity index (χ2n) is 14.4. The second kappa shape index (κ2) is 34.3. The lowest BCUT2D eigenvalue weighted by Gasteiger charge is -2.18. The summed E-state index contributed by atoms with van der Waals surface area (Å²) >= 11 is 0. The molecule has 0 aromatic carbocycles. The predicted octanol–water partition coefficient (Wildman–Crippen LogP) is 12.2. The molecule has 0 saturated carbocycles. The van der Waals surface area contributed by atoms with Crippen molar-refractivity contribution in [3.63, 3.8) is 0 Å². The molecule has 0 rings (SSSR count). The topological polar surface area (TPSA) is 78.9 Å². The van der Waals surface area contributed by atoms with Crippen LogP contribution in [0.3, 0.4) is 0 Å². The Kier molecular flexibility index (Phi) is 33.1. The van der Waals surface area contributed by atoms with Crippen molar-refractivity contribution >= 4 is 17.9 Å². The van der Waals surface area contributed by atoms with E-state index in [2.05, 4.69) is 34.6 Å². The fraction of sp³-hybridized carbons (Fsp3) is 0.927. The third-order valence-electron chi connectivity index (χ3n) is 9.69. The lowest BCUT2D eigenvalue weighted by molar-refractivity contribution is -0.167. The molecule has 278 valence electrons. The Morgan fingerprint density at radius 3 is 1.11 bits per heavy atom. The summed E-state index contributed by atoms with van der Waals surface area (Å²) in [6.07, 6.45) is 29.7. The number of rotatable bonds is 35. The summed E-state index contributed by atoms with van der Waals surface area (Å²) in [5.74, 6) is 0.801. The van der Waals surface area contributed by atoms with Crippen molar-refractivity contribution in [2.24, 2.45) is 11.8 Å². The number of carbonyl (C=O) groups excluding carboxylic acids is 3. The number of carbonyl (C=O) groups is 3. The van der Waals surface area contributed by atoms with Gasteiger partial charge in [-0.25, -0.2) is 0 Å². The fourth-order valence-electron chi connectivity index (χ4n) is 5.80. The van der Waals surface area contributed by atoms with E-state index in [1.807, 2.05) is 0 Å². The molecule has 0 aliphatic heterocycles. The summed E-state index contributed by atoms with van der Waals surface area (Å²) in [5, 5.41) is 0. The summed E-state index contributed by atoms with van der Waals surface area (Å²) in [4.78, 5) is 37.3. The van der Waals surface area contributed by atoms with Gasteiger partial charge in [0.15, 0.2) is 6.10 Å². The van der Waals surface area contributed by atoms with Crippen LogP contribution in [0.25, 0.3) is 0 Å². The van der Waals surface area contributed by atoms with Crippen molar-refractivity contribution in [2.45, 2.75) is 221 Å². The third-order valence-corrected chi connectivity index (χ3v) is 9.69. The van der Waals surface area contributed by atoms with Gasteiger partial charge >= 0.3 is 17.9 Å². The zero-order valence-corrected chi connectivity index (χ0v) is 31.9. The van der Waals surface area contributed by atoms with Gasteiger partial charge in [0.05, 0.1) is 0 Å². The first kappa shape index (κ1) is 45.4. The van der Waals surface area contributed by atoms with Crippen LogP contribution >= 0.6 is 0 Å². The highest BCUT2D eigenvalue weighted by Gasteiger charge is 2.19. The highest BCUT2D eigenvalue weighted by Crippen LogP contribution is 2.17. The number of hydrogen-bond donors (Lipinski definition) is 0. The summed E-state index contributed by atoms with van der Waals surface area (Å²) in [5.41, 5.74) is 0. The van der Waals surface area contributed by atoms with Gasteiger partial charge in [-0.05, 0) is 31.1 Å². The molecular weight excluding hydrogens is 588 g/mol. The zero-order chi connectivity index (χ0) is 34.8. The van der Waals surface area contributed by atoms with Crippen molar-refractivity contribution in [3.8, 4) is 0 Å². The minimum absolute atomic E-state index is 0.0679. The first-order chi connectivity index (χ1) is 22.8. The van der Waals surface area contributed by atoms with E-state index in [0.717, 1.165) is 76.0 Å². The Morgan fingerprint density at radius 1 is 0.426 bits per heavy atom. The number of esters is 3. The van der Waals surface area contributed by atoms with Crippen LogP contribution in [0.2, 0.25) is 0 Å². The van der Waals surface area contributed by atoms with Gasteiger partial charge in [-0.15, -0.1) is 0 Å². The molecule has 0 aromatic heterocycles. The maximum absolute atomic E-state index is 12.6. The van der Waals surface area contributed by atoms with E-state index < -0.39 is 6.10 Å². The Balaban J connectivity index is 4.27. The van der Waals surface area contributed by atoms with E-state index in [4.69, 9.17) is 14.2 Å². The normalized spacial score (nSPS) is 13.2. The second-order valence-corrected chi connectivity index (χ2v) is 14.4. The van der Waals surface area contributed by atoms with E-state index in [1.165, 1.54) is 96.3 Å². The molecule has 6 heteroatoms. The molecule has 6 nitrogen and oxygen atoms in total. The number of ether oxygens (including phenoxy) is 3. The maximum Gasteiger partial charge on any atom is 0.306 e. The third kappa shape index (κ3) is 32.7. The van der Waals surface area contributed by atoms with Crippen LogP contribution in [0.5, 0.6) is 0 Å². The Hall–Kier alpha value is -1.59. The SMILES string of the molecule is CCCCCCCC(=O)OC[C@H](COC(=O)CCCCCCCCC(C)CC)OC(=O)CCCCCCCCCCCCC(C)CC.